The van der Waals surface area contributed by atoms with Gasteiger partial charge in [-0.25, -0.2) is 0 Å². The van der Waals surface area contributed by atoms with Crippen molar-refractivity contribution in [2.45, 2.75) is 19.4 Å². The van der Waals surface area contributed by atoms with Crippen LogP contribution in [-0.2, 0) is 14.4 Å². The minimum atomic E-state index is -0.552. The average molecular weight is 341 g/mol. The van der Waals surface area contributed by atoms with Gasteiger partial charge in [0, 0.05) is 12.2 Å². The third-order valence-electron chi connectivity index (χ3n) is 3.52. The molecule has 1 fully saturated rings. The van der Waals surface area contributed by atoms with E-state index < -0.39 is 17.9 Å². The fourth-order valence-electron chi connectivity index (χ4n) is 2.29. The highest BCUT2D eigenvalue weighted by molar-refractivity contribution is 6.01. The van der Waals surface area contributed by atoms with E-state index in [9.17, 15) is 14.4 Å². The van der Waals surface area contributed by atoms with Gasteiger partial charge >= 0.3 is 0 Å². The molecule has 1 heterocycles. The predicted molar refractivity (Wildman–Crippen MR) is 89.4 cm³/mol. The molecule has 8 heteroatoms. The van der Waals surface area contributed by atoms with Gasteiger partial charge in [0.25, 0.3) is 0 Å². The quantitative estimate of drug-likeness (QED) is 0.685. The lowest BCUT2D eigenvalue weighted by Crippen LogP contribution is -2.46. The summed E-state index contributed by atoms with van der Waals surface area (Å²) in [6.45, 7) is 2.19. The van der Waals surface area contributed by atoms with Gasteiger partial charge in [-0.2, -0.15) is 0 Å². The number of hydrogen-bond acceptors (Lipinski definition) is 4. The molecule has 1 unspecified atom stereocenters. The summed E-state index contributed by atoms with van der Waals surface area (Å²) in [7, 11) is 0. The first-order chi connectivity index (χ1) is 10.5. The first-order valence-electron chi connectivity index (χ1n) is 7.15. The highest BCUT2D eigenvalue weighted by atomic mass is 35.5. The van der Waals surface area contributed by atoms with E-state index in [1.165, 1.54) is 0 Å². The summed E-state index contributed by atoms with van der Waals surface area (Å²) in [6.07, 6.45) is 0.545. The summed E-state index contributed by atoms with van der Waals surface area (Å²) in [5.74, 6) is -0.942. The number of halogens is 1. The first kappa shape index (κ1) is 18.9. The fourth-order valence-corrected chi connectivity index (χ4v) is 2.29. The number of nitrogens with two attached hydrogens (primary N) is 1. The average Bonchev–Trinajstić information content (AvgIpc) is 2.87. The Morgan fingerprint density at radius 1 is 1.26 bits per heavy atom. The van der Waals surface area contributed by atoms with Crippen LogP contribution in [0.2, 0.25) is 0 Å². The second-order valence-electron chi connectivity index (χ2n) is 5.22. The molecule has 0 bridgehead atoms. The van der Waals surface area contributed by atoms with E-state index in [1.807, 2.05) is 31.2 Å². The third kappa shape index (κ3) is 4.94. The van der Waals surface area contributed by atoms with Gasteiger partial charge in [-0.15, -0.1) is 12.4 Å². The van der Waals surface area contributed by atoms with E-state index in [2.05, 4.69) is 10.6 Å². The molecule has 2 rings (SSSR count). The van der Waals surface area contributed by atoms with Crippen molar-refractivity contribution >= 4 is 35.8 Å². The van der Waals surface area contributed by atoms with Gasteiger partial charge in [0.1, 0.15) is 6.04 Å². The molecule has 0 radical (unpaired) electrons. The van der Waals surface area contributed by atoms with E-state index in [-0.39, 0.29) is 31.4 Å². The summed E-state index contributed by atoms with van der Waals surface area (Å²) in [4.78, 5) is 36.7. The number of nitrogens with one attached hydrogen (secondary N) is 2. The Bertz CT molecular complexity index is 577. The molecular weight excluding hydrogens is 320 g/mol. The molecule has 3 amide bonds. The maximum atomic E-state index is 12.3. The molecule has 1 aromatic rings. The highest BCUT2D eigenvalue weighted by Crippen LogP contribution is 2.21. The number of carbonyl (C=O) groups is 3. The van der Waals surface area contributed by atoms with Crippen LogP contribution < -0.4 is 21.3 Å². The number of nitrogens with zero attached hydrogens (tertiary/aromatic N) is 1. The molecule has 4 N–H and O–H groups in total. The lowest BCUT2D eigenvalue weighted by molar-refractivity contribution is -0.127. The molecule has 1 aliphatic rings. The van der Waals surface area contributed by atoms with Crippen molar-refractivity contribution < 1.29 is 14.4 Å². The zero-order valence-electron chi connectivity index (χ0n) is 12.9. The number of rotatable bonds is 5. The predicted octanol–water partition coefficient (Wildman–Crippen LogP) is -0.287. The summed E-state index contributed by atoms with van der Waals surface area (Å²) < 4.78 is 0. The highest BCUT2D eigenvalue weighted by Gasteiger charge is 2.33. The van der Waals surface area contributed by atoms with Crippen molar-refractivity contribution in [3.8, 4) is 0 Å². The maximum Gasteiger partial charge on any atom is 0.249 e. The molecule has 1 aliphatic heterocycles. The monoisotopic (exact) mass is 340 g/mol. The minimum absolute atomic E-state index is 0. The zero-order valence-corrected chi connectivity index (χ0v) is 13.7. The Kier molecular flexibility index (Phi) is 6.99. The molecule has 23 heavy (non-hydrogen) atoms. The van der Waals surface area contributed by atoms with Crippen LogP contribution in [0.3, 0.4) is 0 Å². The second-order valence-corrected chi connectivity index (χ2v) is 5.22. The standard InChI is InChI=1S/C15H20N4O3.ClH/c1-10-2-4-11(5-3-10)19-7-6-12(15(19)22)18-14(21)9-17-13(20)8-16;/h2-5,12H,6-9,16H2,1H3,(H,17,20)(H,18,21);1H. The van der Waals surface area contributed by atoms with Gasteiger partial charge in [0.05, 0.1) is 13.1 Å². The molecule has 0 aromatic heterocycles. The fraction of sp³-hybridized carbons (Fsp3) is 0.400. The van der Waals surface area contributed by atoms with E-state index >= 15 is 0 Å². The van der Waals surface area contributed by atoms with Crippen molar-refractivity contribution in [1.82, 2.24) is 10.6 Å². The minimum Gasteiger partial charge on any atom is -0.346 e. The van der Waals surface area contributed by atoms with E-state index in [0.717, 1.165) is 11.3 Å². The Hall–Kier alpha value is -2.12. The Labute approximate surface area is 141 Å². The van der Waals surface area contributed by atoms with Crippen molar-refractivity contribution in [2.75, 3.05) is 24.5 Å². The SMILES string of the molecule is Cc1ccc(N2CCC(NC(=O)CNC(=O)CN)C2=O)cc1.Cl. The van der Waals surface area contributed by atoms with Crippen molar-refractivity contribution in [3.05, 3.63) is 29.8 Å². The third-order valence-corrected chi connectivity index (χ3v) is 3.52. The Balaban J connectivity index is 0.00000264. The summed E-state index contributed by atoms with van der Waals surface area (Å²) in [6, 6.07) is 7.11. The van der Waals surface area contributed by atoms with E-state index in [1.54, 1.807) is 4.90 Å². The molecule has 7 nitrogen and oxygen atoms in total. The number of amides is 3. The number of anilines is 1. The lowest BCUT2D eigenvalue weighted by Gasteiger charge is -2.17. The van der Waals surface area contributed by atoms with Gasteiger partial charge in [-0.3, -0.25) is 14.4 Å². The number of benzene rings is 1. The first-order valence-corrected chi connectivity index (χ1v) is 7.15. The van der Waals surface area contributed by atoms with Crippen molar-refractivity contribution in [2.24, 2.45) is 5.73 Å². The smallest absolute Gasteiger partial charge is 0.249 e. The lowest BCUT2D eigenvalue weighted by atomic mass is 10.2. The molecule has 1 aromatic carbocycles. The molecule has 1 atom stereocenters. The van der Waals surface area contributed by atoms with Gasteiger partial charge in [-0.1, -0.05) is 17.7 Å². The number of hydrogen-bond donors (Lipinski definition) is 3. The number of carbonyl (C=O) groups excluding carboxylic acids is 3. The van der Waals surface area contributed by atoms with Crippen LogP contribution in [0.5, 0.6) is 0 Å². The van der Waals surface area contributed by atoms with Crippen molar-refractivity contribution in [3.63, 3.8) is 0 Å². The molecular formula is C15H21ClN4O3. The van der Waals surface area contributed by atoms with E-state index in [0.29, 0.717) is 13.0 Å². The normalized spacial score (nSPS) is 16.7. The van der Waals surface area contributed by atoms with Crippen LogP contribution in [0.1, 0.15) is 12.0 Å². The maximum absolute atomic E-state index is 12.3. The van der Waals surface area contributed by atoms with Gasteiger partial charge in [0.15, 0.2) is 0 Å². The van der Waals surface area contributed by atoms with Crippen LogP contribution >= 0.6 is 12.4 Å². The number of aryl methyl sites for hydroxylation is 1. The van der Waals surface area contributed by atoms with Crippen LogP contribution in [0.4, 0.5) is 5.69 Å². The van der Waals surface area contributed by atoms with Gasteiger partial charge in [0.2, 0.25) is 17.7 Å². The van der Waals surface area contributed by atoms with E-state index in [4.69, 9.17) is 5.73 Å². The van der Waals surface area contributed by atoms with Gasteiger partial charge < -0.3 is 21.3 Å². The second kappa shape index (κ2) is 8.50. The summed E-state index contributed by atoms with van der Waals surface area (Å²) >= 11 is 0. The summed E-state index contributed by atoms with van der Waals surface area (Å²) in [5, 5.41) is 5.00. The largest absolute Gasteiger partial charge is 0.346 e. The van der Waals surface area contributed by atoms with Crippen LogP contribution in [-0.4, -0.2) is 43.4 Å². The molecule has 0 spiro atoms. The van der Waals surface area contributed by atoms with Crippen LogP contribution in [0, 0.1) is 6.92 Å². The van der Waals surface area contributed by atoms with Crippen LogP contribution in [0.15, 0.2) is 24.3 Å². The molecule has 126 valence electrons. The molecule has 0 saturated carbocycles. The molecule has 1 saturated heterocycles. The Morgan fingerprint density at radius 2 is 1.91 bits per heavy atom. The van der Waals surface area contributed by atoms with Gasteiger partial charge in [-0.05, 0) is 25.5 Å². The Morgan fingerprint density at radius 3 is 2.52 bits per heavy atom. The zero-order chi connectivity index (χ0) is 16.1. The molecule has 0 aliphatic carbocycles. The summed E-state index contributed by atoms with van der Waals surface area (Å²) in [5.41, 5.74) is 7.08. The van der Waals surface area contributed by atoms with Crippen molar-refractivity contribution in [1.29, 1.82) is 0 Å². The van der Waals surface area contributed by atoms with Crippen LogP contribution in [0.25, 0.3) is 0 Å². The topological polar surface area (TPSA) is 105 Å².